The molecular formula is C28H28N2O5. The highest BCUT2D eigenvalue weighted by molar-refractivity contribution is 6.17. The standard InChI is InChI=1S/C28H28N2O5/c1-4-11-29-21-10-6-5-9-20(21)28(27(29)33)23-24(31)19-13-16(2)17(3)14-22(19)35-25(23)26(32)30(28)15-18-8-7-12-34-18/h5-6,9-10,13-14,18H,4,7-8,11-12,15H2,1-3H3/t18-,28-/m1/s1. The number of hydrogen-bond acceptors (Lipinski definition) is 5. The third-order valence-electron chi connectivity index (χ3n) is 7.71. The number of nitrogens with zero attached hydrogens (tertiary/aromatic N) is 2. The van der Waals surface area contributed by atoms with E-state index in [1.165, 1.54) is 0 Å². The summed E-state index contributed by atoms with van der Waals surface area (Å²) >= 11 is 0. The van der Waals surface area contributed by atoms with Crippen molar-refractivity contribution in [3.63, 3.8) is 0 Å². The molecule has 7 heteroatoms. The number of anilines is 1. The van der Waals surface area contributed by atoms with Gasteiger partial charge in [-0.05, 0) is 62.4 Å². The molecule has 1 aromatic heterocycles. The van der Waals surface area contributed by atoms with Crippen molar-refractivity contribution in [2.75, 3.05) is 24.6 Å². The van der Waals surface area contributed by atoms with Gasteiger partial charge < -0.3 is 19.0 Å². The Kier molecular flexibility index (Phi) is 4.90. The zero-order valence-corrected chi connectivity index (χ0v) is 20.2. The normalized spacial score (nSPS) is 23.1. The van der Waals surface area contributed by atoms with Crippen LogP contribution in [-0.4, -0.2) is 42.5 Å². The molecule has 0 radical (unpaired) electrons. The monoisotopic (exact) mass is 472 g/mol. The van der Waals surface area contributed by atoms with Crippen LogP contribution in [0, 0.1) is 13.8 Å². The molecule has 3 aromatic rings. The van der Waals surface area contributed by atoms with Crippen molar-refractivity contribution in [3.05, 3.63) is 74.6 Å². The molecule has 1 saturated heterocycles. The lowest BCUT2D eigenvalue weighted by Gasteiger charge is -2.35. The predicted molar refractivity (Wildman–Crippen MR) is 132 cm³/mol. The lowest BCUT2D eigenvalue weighted by molar-refractivity contribution is -0.126. The highest BCUT2D eigenvalue weighted by atomic mass is 16.5. The Labute approximate surface area is 203 Å². The van der Waals surface area contributed by atoms with Crippen molar-refractivity contribution in [2.45, 2.75) is 51.7 Å². The Hall–Kier alpha value is -3.45. The number of fused-ring (bicyclic) bond motifs is 5. The molecule has 0 N–H and O–H groups in total. The van der Waals surface area contributed by atoms with Gasteiger partial charge in [0, 0.05) is 25.3 Å². The second-order valence-electron chi connectivity index (χ2n) is 9.80. The van der Waals surface area contributed by atoms with Gasteiger partial charge in [-0.1, -0.05) is 25.1 Å². The summed E-state index contributed by atoms with van der Waals surface area (Å²) in [6.07, 6.45) is 2.25. The third kappa shape index (κ3) is 2.85. The average Bonchev–Trinajstić information content (AvgIpc) is 3.51. The predicted octanol–water partition coefficient (Wildman–Crippen LogP) is 4.04. The lowest BCUT2D eigenvalue weighted by Crippen LogP contribution is -2.55. The molecule has 180 valence electrons. The molecule has 2 atom stereocenters. The van der Waals surface area contributed by atoms with Crippen molar-refractivity contribution >= 4 is 28.5 Å². The topological polar surface area (TPSA) is 80.1 Å². The summed E-state index contributed by atoms with van der Waals surface area (Å²) in [6.45, 7) is 7.22. The molecule has 6 rings (SSSR count). The molecule has 3 aliphatic rings. The van der Waals surface area contributed by atoms with Gasteiger partial charge in [0.05, 0.1) is 22.7 Å². The first-order chi connectivity index (χ1) is 16.9. The minimum Gasteiger partial charge on any atom is -0.450 e. The van der Waals surface area contributed by atoms with E-state index in [4.69, 9.17) is 9.15 Å². The first-order valence-electron chi connectivity index (χ1n) is 12.3. The van der Waals surface area contributed by atoms with Gasteiger partial charge >= 0.3 is 0 Å². The number of ether oxygens (including phenoxy) is 1. The van der Waals surface area contributed by atoms with Gasteiger partial charge in [0.1, 0.15) is 5.58 Å². The van der Waals surface area contributed by atoms with E-state index >= 15 is 0 Å². The van der Waals surface area contributed by atoms with Crippen LogP contribution in [0.25, 0.3) is 11.0 Å². The number of hydrogen-bond donors (Lipinski definition) is 0. The first-order valence-corrected chi connectivity index (χ1v) is 12.3. The van der Waals surface area contributed by atoms with Crippen LogP contribution < -0.4 is 10.3 Å². The number of rotatable bonds is 4. The highest BCUT2D eigenvalue weighted by Crippen LogP contribution is 2.52. The molecule has 35 heavy (non-hydrogen) atoms. The second-order valence-corrected chi connectivity index (χ2v) is 9.80. The van der Waals surface area contributed by atoms with Gasteiger partial charge in [-0.15, -0.1) is 0 Å². The SMILES string of the molecule is CCCN1C(=O)[C@@]2(c3ccccc31)c1c(oc3cc(C)c(C)cc3c1=O)C(=O)N2C[C@H]1CCCO1. The van der Waals surface area contributed by atoms with Gasteiger partial charge in [0.25, 0.3) is 11.8 Å². The molecule has 4 heterocycles. The minimum atomic E-state index is -1.56. The summed E-state index contributed by atoms with van der Waals surface area (Å²) in [5.74, 6) is -0.749. The molecular weight excluding hydrogens is 444 g/mol. The van der Waals surface area contributed by atoms with E-state index in [1.54, 1.807) is 21.9 Å². The fourth-order valence-electron chi connectivity index (χ4n) is 5.93. The van der Waals surface area contributed by atoms with Crippen molar-refractivity contribution < 1.29 is 18.7 Å². The van der Waals surface area contributed by atoms with E-state index in [0.29, 0.717) is 29.7 Å². The molecule has 0 saturated carbocycles. The Balaban J connectivity index is 1.69. The van der Waals surface area contributed by atoms with Crippen LogP contribution in [0.15, 0.2) is 45.6 Å². The summed E-state index contributed by atoms with van der Waals surface area (Å²) in [4.78, 5) is 45.8. The Morgan fingerprint density at radius 3 is 2.60 bits per heavy atom. The summed E-state index contributed by atoms with van der Waals surface area (Å²) in [5, 5.41) is 0.386. The maximum atomic E-state index is 14.4. The number of benzene rings is 2. The number of aryl methyl sites for hydroxylation is 2. The summed E-state index contributed by atoms with van der Waals surface area (Å²) in [7, 11) is 0. The number of amides is 2. The molecule has 2 aromatic carbocycles. The van der Waals surface area contributed by atoms with E-state index in [2.05, 4.69) is 0 Å². The smallest absolute Gasteiger partial charge is 0.291 e. The Bertz CT molecular complexity index is 1450. The highest BCUT2D eigenvalue weighted by Gasteiger charge is 2.65. The maximum absolute atomic E-state index is 14.4. The zero-order valence-electron chi connectivity index (χ0n) is 20.2. The molecule has 0 aliphatic carbocycles. The van der Waals surface area contributed by atoms with Crippen LogP contribution in [0.4, 0.5) is 5.69 Å². The molecule has 0 bridgehead atoms. The molecule has 2 amide bonds. The van der Waals surface area contributed by atoms with Crippen LogP contribution in [0.1, 0.15) is 59.0 Å². The number of carbonyl (C=O) groups is 2. The van der Waals surface area contributed by atoms with E-state index in [1.807, 2.05) is 45.0 Å². The van der Waals surface area contributed by atoms with Crippen LogP contribution in [0.3, 0.4) is 0 Å². The van der Waals surface area contributed by atoms with E-state index in [0.717, 1.165) is 36.1 Å². The largest absolute Gasteiger partial charge is 0.450 e. The van der Waals surface area contributed by atoms with Crippen LogP contribution in [0.5, 0.6) is 0 Å². The van der Waals surface area contributed by atoms with Gasteiger partial charge in [-0.2, -0.15) is 0 Å². The van der Waals surface area contributed by atoms with Crippen molar-refractivity contribution in [1.82, 2.24) is 4.90 Å². The van der Waals surface area contributed by atoms with Gasteiger partial charge in [0.15, 0.2) is 11.0 Å². The second kappa shape index (κ2) is 7.78. The van der Waals surface area contributed by atoms with Crippen LogP contribution >= 0.6 is 0 Å². The van der Waals surface area contributed by atoms with E-state index in [9.17, 15) is 14.4 Å². The van der Waals surface area contributed by atoms with Gasteiger partial charge in [-0.3, -0.25) is 14.4 Å². The number of carbonyl (C=O) groups excluding carboxylic acids is 2. The fraction of sp³-hybridized carbons (Fsp3) is 0.393. The molecule has 7 nitrogen and oxygen atoms in total. The lowest BCUT2D eigenvalue weighted by atomic mass is 9.83. The van der Waals surface area contributed by atoms with Gasteiger partial charge in [0.2, 0.25) is 5.76 Å². The van der Waals surface area contributed by atoms with E-state index in [-0.39, 0.29) is 35.3 Å². The molecule has 1 fully saturated rings. The zero-order chi connectivity index (χ0) is 24.5. The van der Waals surface area contributed by atoms with Crippen molar-refractivity contribution in [2.24, 2.45) is 0 Å². The maximum Gasteiger partial charge on any atom is 0.291 e. The quantitative estimate of drug-likeness (QED) is 0.573. The summed E-state index contributed by atoms with van der Waals surface area (Å²) in [5.41, 5.74) is 1.91. The third-order valence-corrected chi connectivity index (χ3v) is 7.71. The fourth-order valence-corrected chi connectivity index (χ4v) is 5.93. The summed E-state index contributed by atoms with van der Waals surface area (Å²) in [6, 6.07) is 11.1. The van der Waals surface area contributed by atoms with E-state index < -0.39 is 11.4 Å². The molecule has 3 aliphatic heterocycles. The summed E-state index contributed by atoms with van der Waals surface area (Å²) < 4.78 is 12.0. The van der Waals surface area contributed by atoms with Crippen molar-refractivity contribution in [1.29, 1.82) is 0 Å². The first kappa shape index (κ1) is 22.0. The Morgan fingerprint density at radius 1 is 1.09 bits per heavy atom. The molecule has 1 spiro atoms. The minimum absolute atomic E-state index is 0.0368. The van der Waals surface area contributed by atoms with Crippen molar-refractivity contribution in [3.8, 4) is 0 Å². The average molecular weight is 473 g/mol. The van der Waals surface area contributed by atoms with Crippen LogP contribution in [0.2, 0.25) is 0 Å². The van der Waals surface area contributed by atoms with Gasteiger partial charge in [-0.25, -0.2) is 0 Å². The van der Waals surface area contributed by atoms with Crippen LogP contribution in [-0.2, 0) is 15.1 Å². The Morgan fingerprint density at radius 2 is 1.86 bits per heavy atom. The molecule has 0 unspecified atom stereocenters. The number of para-hydroxylation sites is 1.